The van der Waals surface area contributed by atoms with Crippen LogP contribution in [-0.4, -0.2) is 13.1 Å². The molecule has 0 aromatic heterocycles. The molecule has 0 radical (unpaired) electrons. The number of hydrogen-bond acceptors (Lipinski definition) is 1. The number of hydrogen-bond donors (Lipinski definition) is 1. The fraction of sp³-hybridized carbons (Fsp3) is 0.176. The Balaban J connectivity index is 2.05. The molecule has 0 atom stereocenters. The van der Waals surface area contributed by atoms with Crippen molar-refractivity contribution in [3.8, 4) is 0 Å². The van der Waals surface area contributed by atoms with Crippen LogP contribution in [0.1, 0.15) is 22.3 Å². The minimum absolute atomic E-state index is 1.00. The van der Waals surface area contributed by atoms with Gasteiger partial charge in [-0.1, -0.05) is 48.5 Å². The molecule has 1 nitrogen and oxygen atoms in total. The van der Waals surface area contributed by atoms with Gasteiger partial charge in [-0.2, -0.15) is 0 Å². The minimum atomic E-state index is 1.00. The highest BCUT2D eigenvalue weighted by molar-refractivity contribution is 5.97. The van der Waals surface area contributed by atoms with Crippen molar-refractivity contribution >= 4 is 11.1 Å². The van der Waals surface area contributed by atoms with Crippen LogP contribution in [-0.2, 0) is 6.42 Å². The van der Waals surface area contributed by atoms with Crippen LogP contribution in [0.4, 0.5) is 0 Å². The van der Waals surface area contributed by atoms with E-state index in [9.17, 15) is 0 Å². The van der Waals surface area contributed by atoms with Gasteiger partial charge in [0.2, 0.25) is 0 Å². The van der Waals surface area contributed by atoms with Crippen molar-refractivity contribution in [3.05, 3.63) is 70.8 Å². The Labute approximate surface area is 107 Å². The zero-order valence-corrected chi connectivity index (χ0v) is 10.2. The van der Waals surface area contributed by atoms with Crippen LogP contribution in [0.25, 0.3) is 11.1 Å². The van der Waals surface area contributed by atoms with Crippen molar-refractivity contribution in [2.24, 2.45) is 0 Å². The molecule has 1 aliphatic heterocycles. The Bertz CT molecular complexity index is 597. The smallest absolute Gasteiger partial charge is 0.0218 e. The summed E-state index contributed by atoms with van der Waals surface area (Å²) in [4.78, 5) is 0. The number of fused-ring (bicyclic) bond motifs is 4. The molecule has 0 unspecified atom stereocenters. The van der Waals surface area contributed by atoms with E-state index in [1.165, 1.54) is 33.4 Å². The van der Waals surface area contributed by atoms with E-state index in [0.717, 1.165) is 19.5 Å². The van der Waals surface area contributed by atoms with E-state index in [0.29, 0.717) is 0 Å². The normalized spacial score (nSPS) is 16.9. The summed E-state index contributed by atoms with van der Waals surface area (Å²) >= 11 is 0. The van der Waals surface area contributed by atoms with Crippen LogP contribution in [0, 0.1) is 0 Å². The minimum Gasteiger partial charge on any atom is -0.309 e. The fourth-order valence-corrected chi connectivity index (χ4v) is 3.18. The highest BCUT2D eigenvalue weighted by Crippen LogP contribution is 2.37. The van der Waals surface area contributed by atoms with Crippen molar-refractivity contribution < 1.29 is 0 Å². The van der Waals surface area contributed by atoms with Crippen LogP contribution in [0.15, 0.2) is 48.5 Å². The van der Waals surface area contributed by atoms with Crippen molar-refractivity contribution in [1.82, 2.24) is 5.32 Å². The second kappa shape index (κ2) is 3.82. The summed E-state index contributed by atoms with van der Waals surface area (Å²) in [5.74, 6) is 0. The molecule has 1 heterocycles. The molecule has 88 valence electrons. The topological polar surface area (TPSA) is 12.0 Å². The maximum atomic E-state index is 3.50. The molecule has 2 aromatic rings. The standard InChI is InChI=1S/C17H15N/c1-3-7-14-12(5-1)9-13-6-2-4-8-15(13)17-11-18-10-16(14)17/h1-8,18H,9-11H2. The van der Waals surface area contributed by atoms with Crippen molar-refractivity contribution in [2.45, 2.75) is 6.42 Å². The summed E-state index contributed by atoms with van der Waals surface area (Å²) < 4.78 is 0. The molecule has 0 fully saturated rings. The van der Waals surface area contributed by atoms with Gasteiger partial charge in [-0.15, -0.1) is 0 Å². The lowest BCUT2D eigenvalue weighted by atomic mass is 9.97. The molecule has 1 heteroatoms. The Hall–Kier alpha value is -1.86. The average Bonchev–Trinajstić information content (AvgIpc) is 2.84. The summed E-state index contributed by atoms with van der Waals surface area (Å²) in [5, 5.41) is 3.50. The van der Waals surface area contributed by atoms with Crippen LogP contribution >= 0.6 is 0 Å². The summed E-state index contributed by atoms with van der Waals surface area (Å²) in [5.41, 5.74) is 8.78. The second-order valence-electron chi connectivity index (χ2n) is 5.05. The van der Waals surface area contributed by atoms with Gasteiger partial charge in [0.15, 0.2) is 0 Å². The zero-order chi connectivity index (χ0) is 11.9. The van der Waals surface area contributed by atoms with Gasteiger partial charge < -0.3 is 5.32 Å². The van der Waals surface area contributed by atoms with Crippen molar-refractivity contribution in [1.29, 1.82) is 0 Å². The summed E-state index contributed by atoms with van der Waals surface area (Å²) in [6.45, 7) is 2.00. The van der Waals surface area contributed by atoms with Gasteiger partial charge in [0.05, 0.1) is 0 Å². The largest absolute Gasteiger partial charge is 0.309 e. The quantitative estimate of drug-likeness (QED) is 0.737. The van der Waals surface area contributed by atoms with Gasteiger partial charge in [-0.25, -0.2) is 0 Å². The SMILES string of the molecule is c1ccc2c(c1)Cc1ccccc1C1=C2CNC1. The maximum Gasteiger partial charge on any atom is 0.0218 e. The van der Waals surface area contributed by atoms with Crippen LogP contribution in [0.2, 0.25) is 0 Å². The molecular weight excluding hydrogens is 218 g/mol. The van der Waals surface area contributed by atoms with Gasteiger partial charge >= 0.3 is 0 Å². The van der Waals surface area contributed by atoms with Gasteiger partial charge in [0, 0.05) is 13.1 Å². The third-order valence-electron chi connectivity index (χ3n) is 4.03. The molecule has 1 aliphatic carbocycles. The first-order chi connectivity index (χ1) is 8.93. The third-order valence-corrected chi connectivity index (χ3v) is 4.03. The van der Waals surface area contributed by atoms with Gasteiger partial charge in [-0.05, 0) is 39.8 Å². The molecule has 2 aliphatic rings. The molecule has 0 bridgehead atoms. The first-order valence-electron chi connectivity index (χ1n) is 6.53. The molecule has 1 N–H and O–H groups in total. The number of rotatable bonds is 0. The van der Waals surface area contributed by atoms with Gasteiger partial charge in [0.1, 0.15) is 0 Å². The first-order valence-corrected chi connectivity index (χ1v) is 6.53. The molecular formula is C17H15N. The lowest BCUT2D eigenvalue weighted by Gasteiger charge is -2.08. The Morgan fingerprint density at radius 2 is 1.17 bits per heavy atom. The third kappa shape index (κ3) is 1.37. The Kier molecular flexibility index (Phi) is 2.14. The summed E-state index contributed by atoms with van der Waals surface area (Å²) in [6, 6.07) is 17.7. The lowest BCUT2D eigenvalue weighted by Crippen LogP contribution is -2.10. The molecule has 4 rings (SSSR count). The molecule has 0 saturated carbocycles. The maximum absolute atomic E-state index is 3.50. The Morgan fingerprint density at radius 3 is 1.72 bits per heavy atom. The molecule has 0 spiro atoms. The van der Waals surface area contributed by atoms with E-state index >= 15 is 0 Å². The predicted molar refractivity (Wildman–Crippen MR) is 75.4 cm³/mol. The van der Waals surface area contributed by atoms with Crippen LogP contribution < -0.4 is 5.32 Å². The molecule has 18 heavy (non-hydrogen) atoms. The van der Waals surface area contributed by atoms with E-state index in [2.05, 4.69) is 53.8 Å². The van der Waals surface area contributed by atoms with Gasteiger partial charge in [-0.3, -0.25) is 0 Å². The van der Waals surface area contributed by atoms with Crippen molar-refractivity contribution in [3.63, 3.8) is 0 Å². The molecule has 0 amide bonds. The highest BCUT2D eigenvalue weighted by atomic mass is 14.9. The van der Waals surface area contributed by atoms with E-state index in [1.54, 1.807) is 0 Å². The van der Waals surface area contributed by atoms with Crippen molar-refractivity contribution in [2.75, 3.05) is 13.1 Å². The average molecular weight is 233 g/mol. The number of benzene rings is 2. The predicted octanol–water partition coefficient (Wildman–Crippen LogP) is 3.10. The zero-order valence-electron chi connectivity index (χ0n) is 10.2. The number of nitrogens with one attached hydrogen (secondary N) is 1. The summed E-state index contributed by atoms with van der Waals surface area (Å²) in [6.07, 6.45) is 1.05. The van der Waals surface area contributed by atoms with E-state index in [-0.39, 0.29) is 0 Å². The van der Waals surface area contributed by atoms with E-state index in [1.807, 2.05) is 0 Å². The summed E-state index contributed by atoms with van der Waals surface area (Å²) in [7, 11) is 0. The second-order valence-corrected chi connectivity index (χ2v) is 5.05. The first kappa shape index (κ1) is 10.1. The lowest BCUT2D eigenvalue weighted by molar-refractivity contribution is 0.899. The van der Waals surface area contributed by atoms with Crippen LogP contribution in [0.3, 0.4) is 0 Å². The van der Waals surface area contributed by atoms with E-state index < -0.39 is 0 Å². The Morgan fingerprint density at radius 1 is 0.667 bits per heavy atom. The molecule has 0 saturated heterocycles. The van der Waals surface area contributed by atoms with E-state index in [4.69, 9.17) is 0 Å². The highest BCUT2D eigenvalue weighted by Gasteiger charge is 2.23. The fourth-order valence-electron chi connectivity index (χ4n) is 3.18. The van der Waals surface area contributed by atoms with Gasteiger partial charge in [0.25, 0.3) is 0 Å². The monoisotopic (exact) mass is 233 g/mol. The van der Waals surface area contributed by atoms with Crippen LogP contribution in [0.5, 0.6) is 0 Å². The molecule has 2 aromatic carbocycles.